The van der Waals surface area contributed by atoms with Crippen molar-refractivity contribution in [1.29, 1.82) is 0 Å². The van der Waals surface area contributed by atoms with Crippen molar-refractivity contribution in [2.75, 3.05) is 24.6 Å². The first-order valence-electron chi connectivity index (χ1n) is 5.67. The summed E-state index contributed by atoms with van der Waals surface area (Å²) in [6, 6.07) is 0. The zero-order valence-corrected chi connectivity index (χ0v) is 10.3. The number of rotatable bonds is 6. The van der Waals surface area contributed by atoms with E-state index in [2.05, 4.69) is 15.6 Å². The van der Waals surface area contributed by atoms with Gasteiger partial charge in [0.15, 0.2) is 5.69 Å². The van der Waals surface area contributed by atoms with Crippen LogP contribution in [0.25, 0.3) is 0 Å². The monoisotopic (exact) mass is 256 g/mol. The van der Waals surface area contributed by atoms with E-state index in [-0.39, 0.29) is 5.69 Å². The number of aromatic carboxylic acids is 1. The summed E-state index contributed by atoms with van der Waals surface area (Å²) < 4.78 is 1.56. The zero-order valence-electron chi connectivity index (χ0n) is 9.50. The van der Waals surface area contributed by atoms with Gasteiger partial charge in [-0.15, -0.1) is 5.10 Å². The largest absolute Gasteiger partial charge is 0.476 e. The van der Waals surface area contributed by atoms with Gasteiger partial charge in [0.25, 0.3) is 0 Å². The second-order valence-corrected chi connectivity index (χ2v) is 5.26. The van der Waals surface area contributed by atoms with Crippen LogP contribution in [0.3, 0.4) is 0 Å². The second-order valence-electron chi connectivity index (χ2n) is 4.11. The van der Waals surface area contributed by atoms with E-state index in [1.807, 2.05) is 11.8 Å². The van der Waals surface area contributed by atoms with Gasteiger partial charge in [-0.2, -0.15) is 11.8 Å². The lowest BCUT2D eigenvalue weighted by atomic mass is 10.1. The summed E-state index contributed by atoms with van der Waals surface area (Å²) in [6.45, 7) is 2.48. The molecule has 1 aliphatic heterocycles. The van der Waals surface area contributed by atoms with Crippen molar-refractivity contribution in [3.05, 3.63) is 11.9 Å². The van der Waals surface area contributed by atoms with Crippen molar-refractivity contribution in [1.82, 2.24) is 20.3 Å². The van der Waals surface area contributed by atoms with Gasteiger partial charge in [0.2, 0.25) is 0 Å². The number of carboxylic acid groups (broad SMARTS) is 1. The predicted molar refractivity (Wildman–Crippen MR) is 65.3 cm³/mol. The highest BCUT2D eigenvalue weighted by Gasteiger charge is 2.14. The van der Waals surface area contributed by atoms with E-state index >= 15 is 0 Å². The van der Waals surface area contributed by atoms with Gasteiger partial charge in [0.05, 0.1) is 12.7 Å². The molecule has 0 aliphatic carbocycles. The Morgan fingerprint density at radius 3 is 3.24 bits per heavy atom. The molecule has 0 aromatic carbocycles. The van der Waals surface area contributed by atoms with Crippen LogP contribution in [0.1, 0.15) is 16.9 Å². The number of nitrogens with one attached hydrogen (secondary N) is 1. The maximum atomic E-state index is 10.6. The molecule has 17 heavy (non-hydrogen) atoms. The normalized spacial score (nSPS) is 19.6. The number of aromatic nitrogens is 3. The number of hydrogen-bond donors (Lipinski definition) is 2. The van der Waals surface area contributed by atoms with E-state index in [1.165, 1.54) is 24.1 Å². The summed E-state index contributed by atoms with van der Waals surface area (Å²) in [5.74, 6) is 2.27. The quantitative estimate of drug-likeness (QED) is 0.714. The molecule has 1 aromatic rings. The minimum atomic E-state index is -1.04. The Labute approximate surface area is 104 Å². The fourth-order valence-corrected chi connectivity index (χ4v) is 3.03. The smallest absolute Gasteiger partial charge is 0.358 e. The highest BCUT2D eigenvalue weighted by molar-refractivity contribution is 7.99. The topological polar surface area (TPSA) is 80.0 Å². The molecule has 94 valence electrons. The summed E-state index contributed by atoms with van der Waals surface area (Å²) in [6.07, 6.45) is 2.75. The van der Waals surface area contributed by atoms with Crippen LogP contribution in [-0.2, 0) is 6.54 Å². The summed E-state index contributed by atoms with van der Waals surface area (Å²) in [7, 11) is 0. The van der Waals surface area contributed by atoms with Crippen molar-refractivity contribution in [2.24, 2.45) is 5.92 Å². The predicted octanol–water partition coefficient (Wildman–Crippen LogP) is 0.319. The van der Waals surface area contributed by atoms with Gasteiger partial charge < -0.3 is 10.4 Å². The van der Waals surface area contributed by atoms with Gasteiger partial charge in [0.1, 0.15) is 0 Å². The molecule has 2 rings (SSSR count). The highest BCUT2D eigenvalue weighted by atomic mass is 32.2. The molecule has 1 aliphatic rings. The first-order valence-corrected chi connectivity index (χ1v) is 6.83. The Balaban J connectivity index is 1.65. The third-order valence-corrected chi connectivity index (χ3v) is 3.96. The first kappa shape index (κ1) is 12.4. The molecular weight excluding hydrogens is 240 g/mol. The summed E-state index contributed by atoms with van der Waals surface area (Å²) in [4.78, 5) is 10.6. The summed E-state index contributed by atoms with van der Waals surface area (Å²) in [5, 5.41) is 19.3. The lowest BCUT2D eigenvalue weighted by Crippen LogP contribution is -2.26. The van der Waals surface area contributed by atoms with Crippen molar-refractivity contribution in [3.63, 3.8) is 0 Å². The van der Waals surface area contributed by atoms with E-state index in [0.29, 0.717) is 6.54 Å². The first-order chi connectivity index (χ1) is 8.25. The molecule has 7 heteroatoms. The fourth-order valence-electron chi connectivity index (χ4n) is 1.75. The van der Waals surface area contributed by atoms with Crippen LogP contribution < -0.4 is 5.32 Å². The van der Waals surface area contributed by atoms with Crippen LogP contribution in [0.15, 0.2) is 6.20 Å². The van der Waals surface area contributed by atoms with Crippen molar-refractivity contribution >= 4 is 17.7 Å². The molecule has 0 amide bonds. The van der Waals surface area contributed by atoms with Crippen molar-refractivity contribution in [3.8, 4) is 0 Å². The SMILES string of the molecule is O=C(O)c1cn(CCNCC2CCSC2)nn1. The van der Waals surface area contributed by atoms with Gasteiger partial charge in [-0.25, -0.2) is 4.79 Å². The van der Waals surface area contributed by atoms with Crippen molar-refractivity contribution < 1.29 is 9.90 Å². The lowest BCUT2D eigenvalue weighted by Gasteiger charge is -2.09. The number of carbonyl (C=O) groups is 1. The molecule has 6 nitrogen and oxygen atoms in total. The number of carboxylic acids is 1. The lowest BCUT2D eigenvalue weighted by molar-refractivity contribution is 0.0690. The van der Waals surface area contributed by atoms with Gasteiger partial charge in [0, 0.05) is 6.54 Å². The van der Waals surface area contributed by atoms with Crippen LogP contribution in [0.2, 0.25) is 0 Å². The van der Waals surface area contributed by atoms with Gasteiger partial charge in [-0.1, -0.05) is 5.21 Å². The van der Waals surface area contributed by atoms with Crippen LogP contribution in [0.4, 0.5) is 0 Å². The Kier molecular flexibility index (Phi) is 4.38. The van der Waals surface area contributed by atoms with E-state index in [0.717, 1.165) is 19.0 Å². The second kappa shape index (κ2) is 6.02. The third kappa shape index (κ3) is 3.71. The summed E-state index contributed by atoms with van der Waals surface area (Å²) >= 11 is 2.01. The minimum absolute atomic E-state index is 0.00260. The molecule has 0 bridgehead atoms. The molecular formula is C10H16N4O2S. The molecule has 1 aromatic heterocycles. The zero-order chi connectivity index (χ0) is 12.1. The molecule has 1 atom stereocenters. The molecule has 1 saturated heterocycles. The molecule has 2 heterocycles. The van der Waals surface area contributed by atoms with Crippen LogP contribution in [0.5, 0.6) is 0 Å². The molecule has 2 N–H and O–H groups in total. The van der Waals surface area contributed by atoms with Crippen LogP contribution in [-0.4, -0.2) is 50.7 Å². The standard InChI is InChI=1S/C10H16N4O2S/c15-10(16)9-6-14(13-12-9)3-2-11-5-8-1-4-17-7-8/h6,8,11H,1-5,7H2,(H,15,16). The van der Waals surface area contributed by atoms with Crippen LogP contribution >= 0.6 is 11.8 Å². The van der Waals surface area contributed by atoms with E-state index in [1.54, 1.807) is 4.68 Å². The summed E-state index contributed by atoms with van der Waals surface area (Å²) in [5.41, 5.74) is -0.00260. The number of nitrogens with zero attached hydrogens (tertiary/aromatic N) is 3. The Bertz CT molecular complexity index is 376. The molecule has 1 fully saturated rings. The van der Waals surface area contributed by atoms with E-state index < -0.39 is 5.97 Å². The molecule has 1 unspecified atom stereocenters. The highest BCUT2D eigenvalue weighted by Crippen LogP contribution is 2.22. The molecule has 0 spiro atoms. The van der Waals surface area contributed by atoms with Gasteiger partial charge in [-0.3, -0.25) is 4.68 Å². The average Bonchev–Trinajstić information content (AvgIpc) is 2.96. The maximum Gasteiger partial charge on any atom is 0.358 e. The number of thioether (sulfide) groups is 1. The Morgan fingerprint density at radius 1 is 1.71 bits per heavy atom. The van der Waals surface area contributed by atoms with Crippen molar-refractivity contribution in [2.45, 2.75) is 13.0 Å². The van der Waals surface area contributed by atoms with Crippen LogP contribution in [0, 0.1) is 5.92 Å². The third-order valence-electron chi connectivity index (χ3n) is 2.73. The Morgan fingerprint density at radius 2 is 2.59 bits per heavy atom. The average molecular weight is 256 g/mol. The maximum absolute atomic E-state index is 10.6. The Hall–Kier alpha value is -1.08. The minimum Gasteiger partial charge on any atom is -0.476 e. The molecule has 0 saturated carbocycles. The van der Waals surface area contributed by atoms with Gasteiger partial charge in [-0.05, 0) is 30.4 Å². The van der Waals surface area contributed by atoms with E-state index in [9.17, 15) is 4.79 Å². The number of hydrogen-bond acceptors (Lipinski definition) is 5. The fraction of sp³-hybridized carbons (Fsp3) is 0.700. The van der Waals surface area contributed by atoms with E-state index in [4.69, 9.17) is 5.11 Å². The van der Waals surface area contributed by atoms with Gasteiger partial charge >= 0.3 is 5.97 Å². The molecule has 0 radical (unpaired) electrons.